The molecule has 0 aliphatic heterocycles. The molecule has 0 spiro atoms. The lowest BCUT2D eigenvalue weighted by molar-refractivity contribution is 0.0819. The summed E-state index contributed by atoms with van der Waals surface area (Å²) in [5.74, 6) is -0.957. The Morgan fingerprint density at radius 1 is 0.406 bits per heavy atom. The summed E-state index contributed by atoms with van der Waals surface area (Å²) in [6.45, 7) is 0. The Kier molecular flexibility index (Phi) is 2.61. The average Bonchev–Trinajstić information content (AvgIpc) is 3.66. The van der Waals surface area contributed by atoms with Gasteiger partial charge in [-0.15, -0.1) is 0 Å². The molecule has 0 unspecified atom stereocenters. The van der Waals surface area contributed by atoms with E-state index in [-0.39, 0.29) is 0 Å². The van der Waals surface area contributed by atoms with Crippen LogP contribution in [0, 0.1) is 0 Å². The van der Waals surface area contributed by atoms with Gasteiger partial charge in [0.05, 0.1) is 55.3 Å². The fourth-order valence-corrected chi connectivity index (χ4v) is 5.24. The molecule has 8 rings (SSSR count). The molecule has 8 aromatic heterocycles. The van der Waals surface area contributed by atoms with Crippen LogP contribution in [-0.4, -0.2) is 30.3 Å². The normalized spacial score (nSPS) is 12.6. The van der Waals surface area contributed by atoms with Gasteiger partial charge < -0.3 is 0 Å². The highest BCUT2D eigenvalue weighted by molar-refractivity contribution is 6.52. The summed E-state index contributed by atoms with van der Waals surface area (Å²) < 4.78 is 8.13. The lowest BCUT2D eigenvalue weighted by atomic mass is 10.0. The van der Waals surface area contributed by atoms with Crippen LogP contribution in [0.3, 0.4) is 0 Å². The SMILES string of the molecule is O=C(C(=O)c1cc2ccc1n2-n1c2ccc1cc2)c1cc2ccc1n2-n1c2ccc1cc2. The summed E-state index contributed by atoms with van der Waals surface area (Å²) in [4.78, 5) is 26.8. The Bertz CT molecular complexity index is 1690. The molecule has 32 heavy (non-hydrogen) atoms. The maximum absolute atomic E-state index is 13.4. The Morgan fingerprint density at radius 3 is 1.06 bits per heavy atom. The van der Waals surface area contributed by atoms with Gasteiger partial charge in [-0.1, -0.05) is 0 Å². The van der Waals surface area contributed by atoms with Crippen molar-refractivity contribution in [2.45, 2.75) is 0 Å². The van der Waals surface area contributed by atoms with Crippen LogP contribution in [0.2, 0.25) is 0 Å². The summed E-state index contributed by atoms with van der Waals surface area (Å²) in [7, 11) is 0. The minimum absolute atomic E-state index is 0.443. The van der Waals surface area contributed by atoms with Gasteiger partial charge in [-0.05, 0) is 84.9 Å². The number of fused-ring (bicyclic) bond motifs is 10. The average molecular weight is 414 g/mol. The highest BCUT2D eigenvalue weighted by Crippen LogP contribution is 2.31. The zero-order valence-electron chi connectivity index (χ0n) is 16.7. The second-order valence-corrected chi connectivity index (χ2v) is 8.34. The second-order valence-electron chi connectivity index (χ2n) is 8.34. The van der Waals surface area contributed by atoms with Crippen molar-refractivity contribution in [3.05, 3.63) is 96.1 Å². The Hall–Kier alpha value is -4.58. The van der Waals surface area contributed by atoms with Gasteiger partial charge in [0.1, 0.15) is 0 Å². The Morgan fingerprint density at radius 2 is 0.719 bits per heavy atom. The van der Waals surface area contributed by atoms with E-state index in [4.69, 9.17) is 0 Å². The van der Waals surface area contributed by atoms with Gasteiger partial charge in [0.2, 0.25) is 11.6 Å². The fraction of sp³-hybridized carbons (Fsp3) is 0. The number of Topliss-reactive ketones (excluding diaryl/α,β-unsaturated/α-hetero) is 2. The fourth-order valence-electron chi connectivity index (χ4n) is 5.24. The third-order valence-electron chi connectivity index (χ3n) is 6.68. The topological polar surface area (TPSA) is 53.9 Å². The molecule has 0 fully saturated rings. The van der Waals surface area contributed by atoms with E-state index in [2.05, 4.69) is 9.35 Å². The van der Waals surface area contributed by atoms with Crippen molar-refractivity contribution in [2.75, 3.05) is 0 Å². The first-order valence-electron chi connectivity index (χ1n) is 10.5. The number of aromatic nitrogens is 4. The van der Waals surface area contributed by atoms with Crippen LogP contribution in [0.15, 0.2) is 84.9 Å². The lowest BCUT2D eigenvalue weighted by Crippen LogP contribution is -2.15. The van der Waals surface area contributed by atoms with Crippen LogP contribution in [-0.2, 0) is 0 Å². The molecule has 0 N–H and O–H groups in total. The third-order valence-corrected chi connectivity index (χ3v) is 6.68. The van der Waals surface area contributed by atoms with Crippen molar-refractivity contribution in [1.29, 1.82) is 0 Å². The molecule has 0 aliphatic rings. The molecular weight excluding hydrogens is 400 g/mol. The first kappa shape index (κ1) is 16.2. The van der Waals surface area contributed by atoms with Crippen molar-refractivity contribution >= 4 is 55.7 Å². The summed E-state index contributed by atoms with van der Waals surface area (Å²) in [5.41, 5.74) is 8.35. The maximum atomic E-state index is 13.4. The predicted octanol–water partition coefficient (Wildman–Crippen LogP) is 4.95. The molecule has 0 amide bonds. The number of rotatable bonds is 5. The molecule has 150 valence electrons. The summed E-state index contributed by atoms with van der Waals surface area (Å²) in [6.07, 6.45) is 0. The Balaban J connectivity index is 1.25. The van der Waals surface area contributed by atoms with E-state index >= 15 is 0 Å². The van der Waals surface area contributed by atoms with E-state index in [9.17, 15) is 9.59 Å². The number of ketones is 2. The van der Waals surface area contributed by atoms with Gasteiger partial charge in [0.15, 0.2) is 0 Å². The predicted molar refractivity (Wildman–Crippen MR) is 123 cm³/mol. The first-order valence-corrected chi connectivity index (χ1v) is 10.5. The largest absolute Gasteiger partial charge is 0.285 e. The molecule has 8 bridgehead atoms. The summed E-state index contributed by atoms with van der Waals surface area (Å²) >= 11 is 0. The monoisotopic (exact) mass is 414 g/mol. The van der Waals surface area contributed by atoms with Crippen LogP contribution in [0.4, 0.5) is 0 Å². The molecule has 0 aromatic carbocycles. The smallest absolute Gasteiger partial charge is 0.235 e. The van der Waals surface area contributed by atoms with Crippen LogP contribution in [0.5, 0.6) is 0 Å². The number of benzene rings is 4. The van der Waals surface area contributed by atoms with Crippen molar-refractivity contribution < 1.29 is 9.59 Å². The Labute approximate surface area is 180 Å². The van der Waals surface area contributed by atoms with E-state index in [1.54, 1.807) is 0 Å². The molecule has 8 heterocycles. The number of carbonyl (C=O) groups excluding carboxylic acids is 2. The van der Waals surface area contributed by atoms with E-state index < -0.39 is 11.6 Å². The molecule has 0 radical (unpaired) electrons. The van der Waals surface area contributed by atoms with Crippen LogP contribution in [0.1, 0.15) is 20.7 Å². The van der Waals surface area contributed by atoms with Gasteiger partial charge in [-0.25, -0.2) is 18.7 Å². The third kappa shape index (κ3) is 1.74. The molecule has 6 nitrogen and oxygen atoms in total. The van der Waals surface area contributed by atoms with Gasteiger partial charge in [0.25, 0.3) is 0 Å². The molecule has 0 aliphatic carbocycles. The molecule has 0 saturated heterocycles. The maximum Gasteiger partial charge on any atom is 0.235 e. The van der Waals surface area contributed by atoms with Crippen molar-refractivity contribution in [3.8, 4) is 0 Å². The van der Waals surface area contributed by atoms with Crippen molar-refractivity contribution in [3.63, 3.8) is 0 Å². The number of hydrogen-bond acceptors (Lipinski definition) is 2. The number of carbonyl (C=O) groups is 2. The van der Waals surface area contributed by atoms with Gasteiger partial charge >= 0.3 is 0 Å². The van der Waals surface area contributed by atoms with Crippen molar-refractivity contribution in [2.24, 2.45) is 0 Å². The van der Waals surface area contributed by atoms with Crippen LogP contribution < -0.4 is 0 Å². The van der Waals surface area contributed by atoms with Gasteiger partial charge in [-0.3, -0.25) is 9.59 Å². The van der Waals surface area contributed by atoms with Gasteiger partial charge in [0, 0.05) is 0 Å². The molecule has 6 heteroatoms. The zero-order chi connectivity index (χ0) is 21.1. The highest BCUT2D eigenvalue weighted by Gasteiger charge is 2.29. The zero-order valence-corrected chi connectivity index (χ0v) is 16.7. The minimum Gasteiger partial charge on any atom is -0.285 e. The molecular formula is C26H14N4O2. The highest BCUT2D eigenvalue weighted by atomic mass is 16.2. The first-order chi connectivity index (χ1) is 15.7. The number of hydrogen-bond donors (Lipinski definition) is 0. The standard InChI is InChI=1S/C26H14N4O2/c31-25(21-13-19-9-11-23(21)29(19)27-15-1-2-16(27)4-3-15)26(32)22-14-20-10-12-24(22)30(20)28-17-5-6-18(28)8-7-17/h1-14H. The van der Waals surface area contributed by atoms with Crippen LogP contribution >= 0.6 is 0 Å². The molecule has 0 saturated carbocycles. The quantitative estimate of drug-likeness (QED) is 0.296. The number of nitrogens with zero attached hydrogens (tertiary/aromatic N) is 4. The van der Waals surface area contributed by atoms with E-state index in [1.165, 1.54) is 0 Å². The summed E-state index contributed by atoms with van der Waals surface area (Å²) in [5, 5.41) is 0. The van der Waals surface area contributed by atoms with Gasteiger partial charge in [-0.2, -0.15) is 0 Å². The summed E-state index contributed by atoms with van der Waals surface area (Å²) in [6, 6.07) is 27.7. The minimum atomic E-state index is -0.479. The van der Waals surface area contributed by atoms with E-state index in [0.717, 1.165) is 44.1 Å². The molecule has 8 aromatic rings. The second kappa shape index (κ2) is 5.18. The lowest BCUT2D eigenvalue weighted by Gasteiger charge is -2.07. The van der Waals surface area contributed by atoms with Crippen LogP contribution in [0.25, 0.3) is 44.1 Å². The van der Waals surface area contributed by atoms with E-state index in [1.807, 2.05) is 94.3 Å². The molecule has 0 atom stereocenters. The van der Waals surface area contributed by atoms with Crippen molar-refractivity contribution in [1.82, 2.24) is 18.7 Å². The van der Waals surface area contributed by atoms with E-state index in [0.29, 0.717) is 11.1 Å².